The van der Waals surface area contributed by atoms with Crippen LogP contribution in [0.2, 0.25) is 0 Å². The highest BCUT2D eigenvalue weighted by atomic mass is 19.1. The van der Waals surface area contributed by atoms with Gasteiger partial charge in [0.25, 0.3) is 0 Å². The third-order valence-corrected chi connectivity index (χ3v) is 5.77. The van der Waals surface area contributed by atoms with Gasteiger partial charge in [0.1, 0.15) is 11.5 Å². The van der Waals surface area contributed by atoms with Crippen molar-refractivity contribution in [1.82, 2.24) is 9.38 Å². The molecule has 0 saturated heterocycles. The van der Waals surface area contributed by atoms with Crippen LogP contribution in [0.3, 0.4) is 0 Å². The number of fused-ring (bicyclic) bond motifs is 2. The molecule has 3 heterocycles. The van der Waals surface area contributed by atoms with Crippen molar-refractivity contribution in [1.29, 1.82) is 0 Å². The molecule has 1 aliphatic heterocycles. The molecular formula is C21H22FN3. The summed E-state index contributed by atoms with van der Waals surface area (Å²) in [5, 5.41) is 0. The van der Waals surface area contributed by atoms with Gasteiger partial charge in [-0.2, -0.15) is 0 Å². The molecule has 0 N–H and O–H groups in total. The molecule has 0 atom stereocenters. The fourth-order valence-electron chi connectivity index (χ4n) is 3.61. The smallest absolute Gasteiger partial charge is 0.139 e. The van der Waals surface area contributed by atoms with Crippen molar-refractivity contribution in [3.05, 3.63) is 70.9 Å². The van der Waals surface area contributed by atoms with Crippen LogP contribution in [-0.2, 0) is 5.41 Å². The minimum atomic E-state index is -0.431. The maximum Gasteiger partial charge on any atom is 0.139 e. The summed E-state index contributed by atoms with van der Waals surface area (Å²) in [6.07, 6.45) is 5.85. The first kappa shape index (κ1) is 16.0. The number of hydrogen-bond donors (Lipinski definition) is 0. The molecule has 0 amide bonds. The second kappa shape index (κ2) is 5.01. The number of hydrogen-bond acceptors (Lipinski definition) is 2. The zero-order valence-electron chi connectivity index (χ0n) is 15.3. The molecule has 1 aromatic carbocycles. The van der Waals surface area contributed by atoms with Crippen LogP contribution in [-0.4, -0.2) is 20.6 Å². The molecule has 0 aliphatic carbocycles. The lowest BCUT2D eigenvalue weighted by atomic mass is 9.65. The summed E-state index contributed by atoms with van der Waals surface area (Å²) in [5.41, 5.74) is 4.52. The lowest BCUT2D eigenvalue weighted by Gasteiger charge is -2.44. The zero-order valence-corrected chi connectivity index (χ0v) is 15.3. The third kappa shape index (κ3) is 2.16. The van der Waals surface area contributed by atoms with E-state index in [1.165, 1.54) is 6.07 Å². The molecule has 4 heteroatoms. The molecule has 25 heavy (non-hydrogen) atoms. The first-order chi connectivity index (χ1) is 11.7. The Hall–Kier alpha value is -2.49. The Labute approximate surface area is 147 Å². The number of nitrogens with zero attached hydrogens (tertiary/aromatic N) is 3. The van der Waals surface area contributed by atoms with Crippen molar-refractivity contribution in [2.24, 2.45) is 4.99 Å². The number of aryl methyl sites for hydroxylation is 1. The van der Waals surface area contributed by atoms with Gasteiger partial charge in [-0.15, -0.1) is 0 Å². The quantitative estimate of drug-likeness (QED) is 0.634. The Kier molecular flexibility index (Phi) is 3.21. The Morgan fingerprint density at radius 1 is 1.08 bits per heavy atom. The van der Waals surface area contributed by atoms with Gasteiger partial charge in [-0.1, -0.05) is 26.0 Å². The van der Waals surface area contributed by atoms with Gasteiger partial charge in [-0.3, -0.25) is 4.99 Å². The summed E-state index contributed by atoms with van der Waals surface area (Å²) in [7, 11) is 0. The molecule has 128 valence electrons. The lowest BCUT2D eigenvalue weighted by Crippen LogP contribution is -2.46. The van der Waals surface area contributed by atoms with Crippen LogP contribution in [0.25, 0.3) is 5.65 Å². The Morgan fingerprint density at radius 3 is 2.60 bits per heavy atom. The van der Waals surface area contributed by atoms with Crippen molar-refractivity contribution in [3.63, 3.8) is 0 Å². The summed E-state index contributed by atoms with van der Waals surface area (Å²) in [5.74, 6) is -0.172. The molecule has 2 aromatic heterocycles. The van der Waals surface area contributed by atoms with E-state index in [9.17, 15) is 4.39 Å². The summed E-state index contributed by atoms with van der Waals surface area (Å²) in [4.78, 5) is 9.61. The van der Waals surface area contributed by atoms with Gasteiger partial charge in [0, 0.05) is 40.7 Å². The average Bonchev–Trinajstić information content (AvgIpc) is 2.92. The zero-order chi connectivity index (χ0) is 18.0. The highest BCUT2D eigenvalue weighted by Gasteiger charge is 2.45. The van der Waals surface area contributed by atoms with Gasteiger partial charge in [-0.25, -0.2) is 9.37 Å². The molecule has 0 fully saturated rings. The Morgan fingerprint density at radius 2 is 1.84 bits per heavy atom. The number of benzene rings is 1. The summed E-state index contributed by atoms with van der Waals surface area (Å²) in [6, 6.07) is 7.29. The number of halogens is 1. The normalized spacial score (nSPS) is 18.1. The van der Waals surface area contributed by atoms with E-state index in [0.29, 0.717) is 0 Å². The first-order valence-corrected chi connectivity index (χ1v) is 8.55. The average molecular weight is 335 g/mol. The van der Waals surface area contributed by atoms with Crippen LogP contribution in [0.1, 0.15) is 49.9 Å². The molecule has 4 rings (SSSR count). The predicted octanol–water partition coefficient (Wildman–Crippen LogP) is 4.69. The van der Waals surface area contributed by atoms with Crippen LogP contribution in [0.5, 0.6) is 0 Å². The van der Waals surface area contributed by atoms with E-state index in [2.05, 4.69) is 32.7 Å². The van der Waals surface area contributed by atoms with Crippen molar-refractivity contribution >= 4 is 11.4 Å². The molecule has 0 unspecified atom stereocenters. The molecular weight excluding hydrogens is 313 g/mol. The molecule has 1 aliphatic rings. The molecule has 0 saturated carbocycles. The summed E-state index contributed by atoms with van der Waals surface area (Å²) < 4.78 is 16.8. The summed E-state index contributed by atoms with van der Waals surface area (Å²) >= 11 is 0. The fraction of sp³-hybridized carbons (Fsp3) is 0.333. The van der Waals surface area contributed by atoms with Gasteiger partial charge in [0.2, 0.25) is 0 Å². The van der Waals surface area contributed by atoms with E-state index in [4.69, 9.17) is 4.99 Å². The molecule has 0 bridgehead atoms. The molecule has 3 aromatic rings. The van der Waals surface area contributed by atoms with Crippen LogP contribution in [0.15, 0.2) is 47.8 Å². The maximum atomic E-state index is 14.8. The fourth-order valence-corrected chi connectivity index (χ4v) is 3.61. The lowest BCUT2D eigenvalue weighted by molar-refractivity contribution is 0.293. The van der Waals surface area contributed by atoms with Gasteiger partial charge < -0.3 is 4.40 Å². The van der Waals surface area contributed by atoms with E-state index >= 15 is 0 Å². The van der Waals surface area contributed by atoms with Crippen molar-refractivity contribution in [3.8, 4) is 0 Å². The number of aromatic nitrogens is 2. The van der Waals surface area contributed by atoms with E-state index in [1.807, 2.05) is 42.0 Å². The summed E-state index contributed by atoms with van der Waals surface area (Å²) in [6.45, 7) is 10.3. The monoisotopic (exact) mass is 335 g/mol. The third-order valence-electron chi connectivity index (χ3n) is 5.77. The maximum absolute atomic E-state index is 14.8. The van der Waals surface area contributed by atoms with Crippen LogP contribution in [0, 0.1) is 12.7 Å². The molecule has 0 radical (unpaired) electrons. The molecule has 3 nitrogen and oxygen atoms in total. The second-order valence-corrected chi connectivity index (χ2v) is 7.88. The standard InChI is InChI=1S/C21H22FN3/c1-13-9-10-25-12-14(11-23-19(13)25)18-15-7-6-8-16(22)17(15)20(2,3)21(4,5)24-18/h6-12H,1-5H3. The van der Waals surface area contributed by atoms with E-state index < -0.39 is 11.0 Å². The number of aliphatic imine (C=N–C) groups is 1. The molecule has 0 spiro atoms. The van der Waals surface area contributed by atoms with E-state index in [1.54, 1.807) is 6.07 Å². The SMILES string of the molecule is Cc1ccn2cc(C3=NC(C)(C)C(C)(C)c4c(F)cccc43)cnc12. The minimum absolute atomic E-state index is 0.172. The van der Waals surface area contributed by atoms with Gasteiger partial charge in [-0.05, 0) is 38.5 Å². The second-order valence-electron chi connectivity index (χ2n) is 7.88. The van der Waals surface area contributed by atoms with Crippen molar-refractivity contribution in [2.75, 3.05) is 0 Å². The minimum Gasteiger partial charge on any atom is -0.308 e. The van der Waals surface area contributed by atoms with E-state index in [-0.39, 0.29) is 5.82 Å². The van der Waals surface area contributed by atoms with Gasteiger partial charge in [0.15, 0.2) is 0 Å². The Bertz CT molecular complexity index is 1020. The first-order valence-electron chi connectivity index (χ1n) is 8.55. The number of rotatable bonds is 1. The topological polar surface area (TPSA) is 29.7 Å². The predicted molar refractivity (Wildman–Crippen MR) is 99.1 cm³/mol. The van der Waals surface area contributed by atoms with Gasteiger partial charge in [0.05, 0.1) is 11.3 Å². The van der Waals surface area contributed by atoms with Crippen molar-refractivity contribution in [2.45, 2.75) is 45.6 Å². The van der Waals surface area contributed by atoms with E-state index in [0.717, 1.165) is 33.6 Å². The van der Waals surface area contributed by atoms with Gasteiger partial charge >= 0.3 is 0 Å². The highest BCUT2D eigenvalue weighted by molar-refractivity contribution is 6.14. The van der Waals surface area contributed by atoms with Crippen LogP contribution >= 0.6 is 0 Å². The Balaban J connectivity index is 2.00. The van der Waals surface area contributed by atoms with Crippen molar-refractivity contribution < 1.29 is 4.39 Å². The highest BCUT2D eigenvalue weighted by Crippen LogP contribution is 2.44. The largest absolute Gasteiger partial charge is 0.308 e. The van der Waals surface area contributed by atoms with Crippen LogP contribution in [0.4, 0.5) is 4.39 Å². The van der Waals surface area contributed by atoms with Crippen LogP contribution < -0.4 is 0 Å².